The molecule has 4 N–H and O–H groups in total. The molecule has 9 nitrogen and oxygen atoms in total. The molecule has 0 amide bonds. The molecule has 9 heteroatoms. The maximum atomic E-state index is 13.6. The molecule has 5 heterocycles. The quantitative estimate of drug-likeness (QED) is 0.331. The second-order valence-electron chi connectivity index (χ2n) is 18.1. The van der Waals surface area contributed by atoms with Crippen molar-refractivity contribution in [3.8, 4) is 23.0 Å². The van der Waals surface area contributed by atoms with Crippen LogP contribution in [0.5, 0.6) is 23.0 Å². The zero-order chi connectivity index (χ0) is 33.3. The fraction of sp³-hybridized carbons (Fsp3) is 0.610. The molecule has 2 saturated carbocycles. The van der Waals surface area contributed by atoms with Crippen molar-refractivity contribution in [1.82, 2.24) is 14.4 Å². The van der Waals surface area contributed by atoms with Gasteiger partial charge in [0.1, 0.15) is 0 Å². The Morgan fingerprint density at radius 3 is 1.54 bits per heavy atom. The zero-order valence-electron chi connectivity index (χ0n) is 28.6. The van der Waals surface area contributed by atoms with Gasteiger partial charge in [-0.05, 0) is 111 Å². The highest BCUT2D eigenvalue weighted by Gasteiger charge is 2.76. The lowest BCUT2D eigenvalue weighted by Gasteiger charge is -2.63. The minimum Gasteiger partial charge on any atom is -0.504 e. The summed E-state index contributed by atoms with van der Waals surface area (Å²) in [5, 5.41) is 49.8. The predicted molar refractivity (Wildman–Crippen MR) is 182 cm³/mol. The Kier molecular flexibility index (Phi) is 4.83. The first-order valence-corrected chi connectivity index (χ1v) is 19.3. The molecule has 4 fully saturated rings. The molecule has 13 rings (SSSR count). The summed E-state index contributed by atoms with van der Waals surface area (Å²) in [7, 11) is 2.13. The van der Waals surface area contributed by atoms with Crippen LogP contribution in [0.3, 0.4) is 0 Å². The first-order valence-electron chi connectivity index (χ1n) is 19.3. The smallest absolute Gasteiger partial charge is 0.166 e. The van der Waals surface area contributed by atoms with E-state index in [1.165, 1.54) is 36.8 Å². The SMILES string of the molecule is Cn1c2c(c3c1[C@@H]1Oc4c(O)ccc5c4[C@@]14CCN(CC1CC1)[C@H](C5)C4(O)C3)CC1(O)[C@@H]3Cc4ccc(O)c5c4[C@@]1(CCN3CC1CC1)[C@H]2O5. The van der Waals surface area contributed by atoms with E-state index in [9.17, 15) is 20.4 Å². The number of piperidine rings is 2. The molecule has 2 aromatic carbocycles. The first kappa shape index (κ1) is 28.4. The number of fused-ring (bicyclic) bond motifs is 5. The molecule has 4 bridgehead atoms. The van der Waals surface area contributed by atoms with Crippen LogP contribution in [0.2, 0.25) is 0 Å². The van der Waals surface area contributed by atoms with Crippen molar-refractivity contribution in [3.63, 3.8) is 0 Å². The number of nitrogens with zero attached hydrogens (tertiary/aromatic N) is 3. The number of rotatable bonds is 4. The topological polar surface area (TPSA) is 111 Å². The maximum Gasteiger partial charge on any atom is 0.166 e. The highest BCUT2D eigenvalue weighted by Crippen LogP contribution is 2.73. The number of aromatic nitrogens is 1. The number of aromatic hydroxyl groups is 2. The van der Waals surface area contributed by atoms with Gasteiger partial charge in [-0.1, -0.05) is 12.1 Å². The molecule has 6 aliphatic carbocycles. The summed E-state index contributed by atoms with van der Waals surface area (Å²) in [6.07, 6.45) is 8.13. The number of phenolic OH excluding ortho intramolecular Hbond substituents is 2. The highest BCUT2D eigenvalue weighted by atomic mass is 16.5. The van der Waals surface area contributed by atoms with Crippen molar-refractivity contribution < 1.29 is 29.9 Å². The summed E-state index contributed by atoms with van der Waals surface area (Å²) < 4.78 is 16.3. The van der Waals surface area contributed by atoms with E-state index < -0.39 is 34.2 Å². The first-order chi connectivity index (χ1) is 24.2. The lowest BCUT2D eigenvalue weighted by Crippen LogP contribution is -2.75. The second-order valence-corrected chi connectivity index (χ2v) is 18.1. The van der Waals surface area contributed by atoms with Gasteiger partial charge >= 0.3 is 0 Å². The van der Waals surface area contributed by atoms with Crippen LogP contribution in [-0.4, -0.2) is 84.3 Å². The van der Waals surface area contributed by atoms with Gasteiger partial charge in [-0.3, -0.25) is 9.80 Å². The van der Waals surface area contributed by atoms with Crippen molar-refractivity contribution in [2.45, 2.75) is 111 Å². The average Bonchev–Trinajstić information content (AvgIpc) is 4.00. The molecule has 2 unspecified atom stereocenters. The van der Waals surface area contributed by atoms with E-state index in [1.54, 1.807) is 12.1 Å². The van der Waals surface area contributed by atoms with Gasteiger partial charge in [-0.15, -0.1) is 0 Å². The van der Waals surface area contributed by atoms with Crippen LogP contribution in [0.4, 0.5) is 0 Å². The van der Waals surface area contributed by atoms with E-state index in [0.717, 1.165) is 85.5 Å². The van der Waals surface area contributed by atoms with Crippen molar-refractivity contribution >= 4 is 0 Å². The number of benzene rings is 2. The second kappa shape index (κ2) is 8.52. The average molecular weight is 676 g/mol. The van der Waals surface area contributed by atoms with Crippen LogP contribution in [0.15, 0.2) is 24.3 Å². The summed E-state index contributed by atoms with van der Waals surface area (Å²) in [5.74, 6) is 2.81. The van der Waals surface area contributed by atoms with Gasteiger partial charge in [0, 0.05) is 56.2 Å². The molecule has 260 valence electrons. The summed E-state index contributed by atoms with van der Waals surface area (Å²) >= 11 is 0. The molecule has 3 aromatic rings. The number of hydrogen-bond donors (Lipinski definition) is 4. The van der Waals surface area contributed by atoms with Crippen LogP contribution < -0.4 is 9.47 Å². The summed E-state index contributed by atoms with van der Waals surface area (Å²) in [4.78, 5) is 5.16. The van der Waals surface area contributed by atoms with Crippen molar-refractivity contribution in [2.75, 3.05) is 26.2 Å². The number of likely N-dealkylation sites (tertiary alicyclic amines) is 2. The van der Waals surface area contributed by atoms with E-state index in [-0.39, 0.29) is 23.6 Å². The van der Waals surface area contributed by atoms with Crippen molar-refractivity contribution in [1.29, 1.82) is 0 Å². The summed E-state index contributed by atoms with van der Waals surface area (Å²) in [6, 6.07) is 7.60. The summed E-state index contributed by atoms with van der Waals surface area (Å²) in [6.45, 7) is 3.86. The molecular weight excluding hydrogens is 630 g/mol. The molecule has 4 aliphatic heterocycles. The summed E-state index contributed by atoms with van der Waals surface area (Å²) in [5.41, 5.74) is 5.21. The zero-order valence-corrected chi connectivity index (χ0v) is 28.6. The minimum absolute atomic E-state index is 0.0532. The minimum atomic E-state index is -1.10. The van der Waals surface area contributed by atoms with Gasteiger partial charge in [-0.2, -0.15) is 0 Å². The number of hydrogen-bond acceptors (Lipinski definition) is 8. The van der Waals surface area contributed by atoms with Crippen LogP contribution >= 0.6 is 0 Å². The standard InChI is InChI=1S/C41H45N3O6/c1-42-32-24(16-40(47)28-14-22-6-8-26(45)34-30(22)38(40,36(32)49-34)10-12-43(28)18-20-2-3-20)25-17-41(48)29-15-23-7-9-27(46)35-31(23)39(41,37(50-35)33(25)42)11-13-44(29)19-21-4-5-21/h6-9,20-21,28-29,36-37,45-48H,2-5,10-19H2,1H3/t28-,29+,36-,37-,38-,39-,40?,41?/m0/s1. The Labute approximate surface area is 291 Å². The monoisotopic (exact) mass is 675 g/mol. The Bertz CT molecular complexity index is 1960. The van der Waals surface area contributed by atoms with Crippen LogP contribution in [0.1, 0.15) is 95.5 Å². The molecule has 0 radical (unpaired) electrons. The van der Waals surface area contributed by atoms with Crippen molar-refractivity contribution in [2.24, 2.45) is 18.9 Å². The molecule has 2 saturated heterocycles. The third-order valence-corrected chi connectivity index (χ3v) is 16.1. The molecular formula is C41H45N3O6. The Balaban J connectivity index is 1.05. The molecule has 1 aromatic heterocycles. The van der Waals surface area contributed by atoms with Crippen LogP contribution in [-0.2, 0) is 43.6 Å². The van der Waals surface area contributed by atoms with Gasteiger partial charge in [0.25, 0.3) is 0 Å². The maximum absolute atomic E-state index is 13.6. The van der Waals surface area contributed by atoms with Crippen molar-refractivity contribution in [3.05, 3.63) is 69.0 Å². The highest BCUT2D eigenvalue weighted by molar-refractivity contribution is 5.69. The van der Waals surface area contributed by atoms with Crippen LogP contribution in [0.25, 0.3) is 0 Å². The number of aliphatic hydroxyl groups is 2. The Hall–Kier alpha value is -3.24. The Morgan fingerprint density at radius 1 is 0.680 bits per heavy atom. The normalized spacial score (nSPS) is 40.8. The number of phenols is 2. The van der Waals surface area contributed by atoms with Gasteiger partial charge in [0.05, 0.1) is 33.4 Å². The molecule has 50 heavy (non-hydrogen) atoms. The fourth-order valence-electron chi connectivity index (χ4n) is 13.8. The van der Waals surface area contributed by atoms with Gasteiger partial charge < -0.3 is 34.5 Å². The Morgan fingerprint density at radius 2 is 1.12 bits per heavy atom. The largest absolute Gasteiger partial charge is 0.504 e. The fourth-order valence-corrected chi connectivity index (χ4v) is 13.8. The predicted octanol–water partition coefficient (Wildman–Crippen LogP) is 3.83. The number of ether oxygens (including phenoxy) is 2. The molecule has 10 aliphatic rings. The van der Waals surface area contributed by atoms with E-state index in [0.29, 0.717) is 36.2 Å². The van der Waals surface area contributed by atoms with E-state index in [4.69, 9.17) is 9.47 Å². The van der Waals surface area contributed by atoms with E-state index in [2.05, 4.69) is 33.5 Å². The van der Waals surface area contributed by atoms with E-state index >= 15 is 0 Å². The third kappa shape index (κ3) is 2.87. The molecule has 2 spiro atoms. The molecule has 8 atom stereocenters. The van der Waals surface area contributed by atoms with E-state index in [1.807, 2.05) is 0 Å². The third-order valence-electron chi connectivity index (χ3n) is 16.1. The lowest BCUT2D eigenvalue weighted by molar-refractivity contribution is -0.176. The van der Waals surface area contributed by atoms with Gasteiger partial charge in [-0.25, -0.2) is 0 Å². The lowest BCUT2D eigenvalue weighted by atomic mass is 9.47. The van der Waals surface area contributed by atoms with Gasteiger partial charge in [0.2, 0.25) is 0 Å². The van der Waals surface area contributed by atoms with Crippen LogP contribution in [0, 0.1) is 11.8 Å². The van der Waals surface area contributed by atoms with Gasteiger partial charge in [0.15, 0.2) is 35.2 Å².